The molecule has 0 aliphatic heterocycles. The fourth-order valence-corrected chi connectivity index (χ4v) is 1.53. The van der Waals surface area contributed by atoms with Crippen molar-refractivity contribution in [2.45, 2.75) is 13.8 Å². The smallest absolute Gasteiger partial charge is 0.166 e. The Balaban J connectivity index is 3.56. The number of hydrogen-bond donors (Lipinski definition) is 1. The number of ketones is 1. The fraction of sp³-hybridized carbons (Fsp3) is 0.222. The molecule has 1 rings (SSSR count). The number of aromatic hydroxyl groups is 1. The molecule has 2 nitrogen and oxygen atoms in total. The molecule has 0 bridgehead atoms. The Kier molecular flexibility index (Phi) is 2.71. The van der Waals surface area contributed by atoms with Crippen molar-refractivity contribution in [3.8, 4) is 5.75 Å². The highest BCUT2D eigenvalue weighted by atomic mass is 79.9. The summed E-state index contributed by atoms with van der Waals surface area (Å²) in [6.45, 7) is 2.92. The van der Waals surface area contributed by atoms with Crippen molar-refractivity contribution >= 4 is 21.7 Å². The van der Waals surface area contributed by atoms with Crippen LogP contribution in [-0.2, 0) is 0 Å². The van der Waals surface area contributed by atoms with Crippen LogP contribution in [0.4, 0.5) is 4.39 Å². The molecule has 0 aliphatic carbocycles. The van der Waals surface area contributed by atoms with Crippen molar-refractivity contribution < 1.29 is 14.3 Å². The Hall–Kier alpha value is -0.900. The predicted octanol–water partition coefficient (Wildman–Crippen LogP) is 2.80. The van der Waals surface area contributed by atoms with Gasteiger partial charge >= 0.3 is 0 Å². The summed E-state index contributed by atoms with van der Waals surface area (Å²) in [6, 6.07) is 1.14. The molecule has 70 valence electrons. The molecule has 1 aromatic carbocycles. The lowest BCUT2D eigenvalue weighted by Gasteiger charge is -2.07. The van der Waals surface area contributed by atoms with E-state index >= 15 is 0 Å². The maximum absolute atomic E-state index is 12.9. The Morgan fingerprint density at radius 3 is 2.62 bits per heavy atom. The van der Waals surface area contributed by atoms with Crippen molar-refractivity contribution in [2.24, 2.45) is 0 Å². The standard InChI is InChI=1S/C9H8BrFO2/c1-4-6(10)3-7(11)9(13)8(4)5(2)12/h3,13H,1-2H3. The van der Waals surface area contributed by atoms with Gasteiger partial charge in [-0.05, 0) is 25.5 Å². The molecule has 4 heteroatoms. The van der Waals surface area contributed by atoms with E-state index in [0.29, 0.717) is 10.0 Å². The van der Waals surface area contributed by atoms with Gasteiger partial charge in [0.1, 0.15) is 0 Å². The quantitative estimate of drug-likeness (QED) is 0.774. The first-order valence-electron chi connectivity index (χ1n) is 3.63. The lowest BCUT2D eigenvalue weighted by molar-refractivity contribution is 0.101. The number of carbonyl (C=O) groups excluding carboxylic acids is 1. The van der Waals surface area contributed by atoms with Gasteiger partial charge in [0.05, 0.1) is 5.56 Å². The van der Waals surface area contributed by atoms with Gasteiger partial charge in [-0.1, -0.05) is 15.9 Å². The minimum Gasteiger partial charge on any atom is -0.504 e. The fourth-order valence-electron chi connectivity index (χ4n) is 1.14. The summed E-state index contributed by atoms with van der Waals surface area (Å²) in [4.78, 5) is 11.0. The highest BCUT2D eigenvalue weighted by molar-refractivity contribution is 9.10. The second-order valence-electron chi connectivity index (χ2n) is 2.75. The van der Waals surface area contributed by atoms with Gasteiger partial charge in [0, 0.05) is 4.47 Å². The zero-order valence-electron chi connectivity index (χ0n) is 7.19. The van der Waals surface area contributed by atoms with E-state index in [9.17, 15) is 14.3 Å². The Labute approximate surface area is 83.5 Å². The van der Waals surface area contributed by atoms with Crippen LogP contribution in [0.15, 0.2) is 10.5 Å². The summed E-state index contributed by atoms with van der Waals surface area (Å²) in [5, 5.41) is 9.26. The lowest BCUT2D eigenvalue weighted by Crippen LogP contribution is -1.99. The van der Waals surface area contributed by atoms with E-state index < -0.39 is 11.6 Å². The minimum absolute atomic E-state index is 0.0341. The molecular weight excluding hydrogens is 239 g/mol. The van der Waals surface area contributed by atoms with Crippen LogP contribution in [0.1, 0.15) is 22.8 Å². The van der Waals surface area contributed by atoms with Gasteiger partial charge in [0.25, 0.3) is 0 Å². The van der Waals surface area contributed by atoms with Crippen LogP contribution < -0.4 is 0 Å². The monoisotopic (exact) mass is 246 g/mol. The second kappa shape index (κ2) is 3.46. The maximum Gasteiger partial charge on any atom is 0.166 e. The molecule has 0 amide bonds. The van der Waals surface area contributed by atoms with E-state index in [4.69, 9.17) is 0 Å². The average molecular weight is 247 g/mol. The maximum atomic E-state index is 12.9. The van der Waals surface area contributed by atoms with E-state index in [2.05, 4.69) is 15.9 Å². The first-order chi connectivity index (χ1) is 5.95. The minimum atomic E-state index is -0.789. The van der Waals surface area contributed by atoms with Gasteiger partial charge in [-0.2, -0.15) is 0 Å². The molecule has 0 spiro atoms. The molecule has 0 radical (unpaired) electrons. The van der Waals surface area contributed by atoms with Gasteiger partial charge in [0.2, 0.25) is 0 Å². The molecule has 0 aromatic heterocycles. The number of rotatable bonds is 1. The second-order valence-corrected chi connectivity index (χ2v) is 3.60. The Morgan fingerprint density at radius 2 is 2.15 bits per heavy atom. The number of phenols is 1. The summed E-state index contributed by atoms with van der Waals surface area (Å²) in [5.74, 6) is -1.72. The first-order valence-corrected chi connectivity index (χ1v) is 4.43. The normalized spacial score (nSPS) is 10.2. The van der Waals surface area contributed by atoms with Gasteiger partial charge in [-0.25, -0.2) is 4.39 Å². The lowest BCUT2D eigenvalue weighted by atomic mass is 10.0. The average Bonchev–Trinajstić information content (AvgIpc) is 2.01. The molecule has 0 heterocycles. The summed E-state index contributed by atoms with van der Waals surface area (Å²) < 4.78 is 13.4. The molecule has 0 aliphatic rings. The van der Waals surface area contributed by atoms with Crippen LogP contribution in [-0.4, -0.2) is 10.9 Å². The van der Waals surface area contributed by atoms with Gasteiger partial charge in [-0.3, -0.25) is 4.79 Å². The van der Waals surface area contributed by atoms with Crippen molar-refractivity contribution in [3.63, 3.8) is 0 Å². The number of Topliss-reactive ketones (excluding diaryl/α,β-unsaturated/α-hetero) is 1. The molecule has 13 heavy (non-hydrogen) atoms. The van der Waals surface area contributed by atoms with Crippen LogP contribution in [0.5, 0.6) is 5.75 Å². The van der Waals surface area contributed by atoms with E-state index in [1.807, 2.05) is 0 Å². The number of phenolic OH excluding ortho intramolecular Hbond substituents is 1. The van der Waals surface area contributed by atoms with Crippen molar-refractivity contribution in [1.29, 1.82) is 0 Å². The van der Waals surface area contributed by atoms with Crippen LogP contribution in [0.3, 0.4) is 0 Å². The molecule has 1 aromatic rings. The molecule has 0 atom stereocenters. The van der Waals surface area contributed by atoms with Gasteiger partial charge < -0.3 is 5.11 Å². The van der Waals surface area contributed by atoms with Crippen LogP contribution in [0.25, 0.3) is 0 Å². The van der Waals surface area contributed by atoms with E-state index in [1.54, 1.807) is 6.92 Å². The van der Waals surface area contributed by atoms with Crippen LogP contribution in [0, 0.1) is 12.7 Å². The summed E-state index contributed by atoms with van der Waals surface area (Å²) in [6.07, 6.45) is 0. The zero-order chi connectivity index (χ0) is 10.2. The zero-order valence-corrected chi connectivity index (χ0v) is 8.77. The topological polar surface area (TPSA) is 37.3 Å². The summed E-state index contributed by atoms with van der Waals surface area (Å²) >= 11 is 3.10. The van der Waals surface area contributed by atoms with Crippen LogP contribution in [0.2, 0.25) is 0 Å². The predicted molar refractivity (Wildman–Crippen MR) is 50.5 cm³/mol. The van der Waals surface area contributed by atoms with Crippen molar-refractivity contribution in [1.82, 2.24) is 0 Å². The Bertz CT molecular complexity index is 348. The molecule has 0 unspecified atom stereocenters. The highest BCUT2D eigenvalue weighted by Gasteiger charge is 2.16. The molecular formula is C9H8BrFO2. The van der Waals surface area contributed by atoms with Crippen LogP contribution >= 0.6 is 15.9 Å². The van der Waals surface area contributed by atoms with E-state index in [-0.39, 0.29) is 11.3 Å². The molecule has 0 saturated heterocycles. The van der Waals surface area contributed by atoms with Gasteiger partial charge in [-0.15, -0.1) is 0 Å². The number of benzene rings is 1. The molecule has 1 N–H and O–H groups in total. The Morgan fingerprint density at radius 1 is 1.62 bits per heavy atom. The molecule has 0 saturated carbocycles. The van der Waals surface area contributed by atoms with E-state index in [0.717, 1.165) is 6.07 Å². The van der Waals surface area contributed by atoms with Crippen molar-refractivity contribution in [2.75, 3.05) is 0 Å². The summed E-state index contributed by atoms with van der Waals surface area (Å²) in [7, 11) is 0. The largest absolute Gasteiger partial charge is 0.504 e. The third-order valence-electron chi connectivity index (χ3n) is 1.80. The van der Waals surface area contributed by atoms with E-state index in [1.165, 1.54) is 6.92 Å². The number of hydrogen-bond acceptors (Lipinski definition) is 2. The van der Waals surface area contributed by atoms with Crippen molar-refractivity contribution in [3.05, 3.63) is 27.5 Å². The number of halogens is 2. The first kappa shape index (κ1) is 10.2. The molecule has 0 fully saturated rings. The SMILES string of the molecule is CC(=O)c1c(C)c(Br)cc(F)c1O. The third-order valence-corrected chi connectivity index (χ3v) is 2.63. The summed E-state index contributed by atoms with van der Waals surface area (Å²) in [5.41, 5.74) is 0.582. The highest BCUT2D eigenvalue weighted by Crippen LogP contribution is 2.30. The third kappa shape index (κ3) is 1.72. The number of carbonyl (C=O) groups is 1. The van der Waals surface area contributed by atoms with Gasteiger partial charge in [0.15, 0.2) is 17.3 Å².